The standard InChI is InChI=1S/C25H22BrN5O2S/c1-17(18-10-14-22(33-2)15-11-18)27-28-23(32)16-34-25-30-29-24(19-8-12-20(26)13-9-19)31(25)21-6-4-3-5-7-21/h3-15H,16H2,1-2H3,(H,28,32)/b27-17+. The normalized spacial score (nSPS) is 11.3. The molecule has 0 aliphatic carbocycles. The van der Waals surface area contributed by atoms with Crippen LogP contribution < -0.4 is 10.2 Å². The van der Waals surface area contributed by atoms with Crippen LogP contribution in [0.1, 0.15) is 12.5 Å². The van der Waals surface area contributed by atoms with Crippen LogP contribution in [0.25, 0.3) is 17.1 Å². The average Bonchev–Trinajstić information content (AvgIpc) is 3.31. The molecule has 3 aromatic carbocycles. The summed E-state index contributed by atoms with van der Waals surface area (Å²) in [6.45, 7) is 1.84. The first-order valence-electron chi connectivity index (χ1n) is 10.4. The lowest BCUT2D eigenvalue weighted by Crippen LogP contribution is -2.21. The van der Waals surface area contributed by atoms with Crippen LogP contribution in [0.5, 0.6) is 5.75 Å². The van der Waals surface area contributed by atoms with Crippen molar-refractivity contribution in [2.24, 2.45) is 5.10 Å². The van der Waals surface area contributed by atoms with E-state index in [2.05, 4.69) is 36.7 Å². The average molecular weight is 536 g/mol. The summed E-state index contributed by atoms with van der Waals surface area (Å²) in [5.41, 5.74) is 6.06. The minimum absolute atomic E-state index is 0.144. The maximum Gasteiger partial charge on any atom is 0.250 e. The van der Waals surface area contributed by atoms with Crippen LogP contribution >= 0.6 is 27.7 Å². The van der Waals surface area contributed by atoms with Crippen molar-refractivity contribution in [2.45, 2.75) is 12.1 Å². The van der Waals surface area contributed by atoms with E-state index in [-0.39, 0.29) is 11.7 Å². The molecule has 9 heteroatoms. The Bertz CT molecular complexity index is 1290. The van der Waals surface area contributed by atoms with Crippen LogP contribution in [0.4, 0.5) is 0 Å². The van der Waals surface area contributed by atoms with Gasteiger partial charge >= 0.3 is 0 Å². The van der Waals surface area contributed by atoms with E-state index >= 15 is 0 Å². The monoisotopic (exact) mass is 535 g/mol. The number of aromatic nitrogens is 3. The van der Waals surface area contributed by atoms with Crippen molar-refractivity contribution in [3.05, 3.63) is 88.9 Å². The quantitative estimate of drug-likeness (QED) is 0.187. The molecule has 1 N–H and O–H groups in total. The van der Waals surface area contributed by atoms with Crippen molar-refractivity contribution in [1.29, 1.82) is 0 Å². The van der Waals surface area contributed by atoms with Gasteiger partial charge in [-0.05, 0) is 61.0 Å². The molecule has 0 radical (unpaired) electrons. The van der Waals surface area contributed by atoms with E-state index in [4.69, 9.17) is 4.74 Å². The highest BCUT2D eigenvalue weighted by molar-refractivity contribution is 9.10. The fourth-order valence-corrected chi connectivity index (χ4v) is 4.17. The number of hydrogen-bond donors (Lipinski definition) is 1. The third-order valence-corrected chi connectivity index (χ3v) is 6.40. The third-order valence-electron chi connectivity index (χ3n) is 4.94. The second-order valence-electron chi connectivity index (χ2n) is 7.23. The Hall–Kier alpha value is -3.43. The number of benzene rings is 3. The van der Waals surface area contributed by atoms with Gasteiger partial charge in [0.25, 0.3) is 5.91 Å². The van der Waals surface area contributed by atoms with Crippen LogP contribution in [-0.4, -0.2) is 39.2 Å². The molecule has 0 spiro atoms. The number of hydrogen-bond acceptors (Lipinski definition) is 6. The first-order chi connectivity index (χ1) is 16.5. The molecule has 4 rings (SSSR count). The van der Waals surface area contributed by atoms with Gasteiger partial charge in [-0.3, -0.25) is 9.36 Å². The molecule has 0 saturated carbocycles. The van der Waals surface area contributed by atoms with E-state index in [1.165, 1.54) is 11.8 Å². The topological polar surface area (TPSA) is 81.4 Å². The van der Waals surface area contributed by atoms with Crippen molar-refractivity contribution in [2.75, 3.05) is 12.9 Å². The summed E-state index contributed by atoms with van der Waals surface area (Å²) < 4.78 is 8.11. The minimum Gasteiger partial charge on any atom is -0.497 e. The van der Waals surface area contributed by atoms with Gasteiger partial charge in [0.15, 0.2) is 11.0 Å². The molecule has 1 amide bonds. The largest absolute Gasteiger partial charge is 0.497 e. The Balaban J connectivity index is 1.49. The highest BCUT2D eigenvalue weighted by Gasteiger charge is 2.17. The highest BCUT2D eigenvalue weighted by atomic mass is 79.9. The lowest BCUT2D eigenvalue weighted by Gasteiger charge is -2.10. The van der Waals surface area contributed by atoms with E-state index in [0.29, 0.717) is 16.7 Å². The molecule has 4 aromatic rings. The van der Waals surface area contributed by atoms with E-state index < -0.39 is 0 Å². The molecule has 1 heterocycles. The first-order valence-corrected chi connectivity index (χ1v) is 12.2. The molecular formula is C25H22BrN5O2S. The Morgan fingerprint density at radius 2 is 1.74 bits per heavy atom. The summed E-state index contributed by atoms with van der Waals surface area (Å²) in [7, 11) is 1.62. The van der Waals surface area contributed by atoms with Crippen LogP contribution in [0.2, 0.25) is 0 Å². The molecule has 1 aromatic heterocycles. The zero-order valence-electron chi connectivity index (χ0n) is 18.6. The number of thioether (sulfide) groups is 1. The Labute approximate surface area is 210 Å². The van der Waals surface area contributed by atoms with Gasteiger partial charge in [0, 0.05) is 15.7 Å². The van der Waals surface area contributed by atoms with Gasteiger partial charge in [-0.25, -0.2) is 5.43 Å². The molecule has 0 fully saturated rings. The predicted molar refractivity (Wildman–Crippen MR) is 139 cm³/mol. The van der Waals surface area contributed by atoms with Gasteiger partial charge in [0.2, 0.25) is 0 Å². The van der Waals surface area contributed by atoms with Gasteiger partial charge in [0.05, 0.1) is 18.6 Å². The van der Waals surface area contributed by atoms with E-state index in [1.54, 1.807) is 7.11 Å². The van der Waals surface area contributed by atoms with Gasteiger partial charge in [-0.1, -0.05) is 58.0 Å². The number of hydrazone groups is 1. The zero-order chi connectivity index (χ0) is 23.9. The number of halogens is 1. The number of amides is 1. The number of nitrogens with zero attached hydrogens (tertiary/aromatic N) is 4. The summed E-state index contributed by atoms with van der Waals surface area (Å²) in [5, 5.41) is 13.6. The SMILES string of the molecule is COc1ccc(/C(C)=N/NC(=O)CSc2nnc(-c3ccc(Br)cc3)n2-c2ccccc2)cc1. The molecule has 0 aliphatic rings. The summed E-state index contributed by atoms with van der Waals surface area (Å²) >= 11 is 4.77. The van der Waals surface area contributed by atoms with Crippen LogP contribution in [0.3, 0.4) is 0 Å². The number of rotatable bonds is 8. The third kappa shape index (κ3) is 5.73. The number of para-hydroxylation sites is 1. The smallest absolute Gasteiger partial charge is 0.250 e. The van der Waals surface area contributed by atoms with Crippen molar-refractivity contribution in [3.63, 3.8) is 0 Å². The number of carbonyl (C=O) groups excluding carboxylic acids is 1. The molecule has 0 atom stereocenters. The number of nitrogens with one attached hydrogen (secondary N) is 1. The molecule has 0 aliphatic heterocycles. The Morgan fingerprint density at radius 3 is 2.41 bits per heavy atom. The second kappa shape index (κ2) is 11.1. The maximum atomic E-state index is 12.5. The number of methoxy groups -OCH3 is 1. The van der Waals surface area contributed by atoms with Crippen molar-refractivity contribution < 1.29 is 9.53 Å². The molecule has 172 valence electrons. The van der Waals surface area contributed by atoms with Gasteiger partial charge < -0.3 is 4.74 Å². The Morgan fingerprint density at radius 1 is 1.03 bits per heavy atom. The fourth-order valence-electron chi connectivity index (χ4n) is 3.16. The van der Waals surface area contributed by atoms with Crippen LogP contribution in [0.15, 0.2) is 93.6 Å². The van der Waals surface area contributed by atoms with E-state index in [1.807, 2.05) is 90.4 Å². The molecule has 7 nitrogen and oxygen atoms in total. The summed E-state index contributed by atoms with van der Waals surface area (Å²) in [5.74, 6) is 1.38. The van der Waals surface area contributed by atoms with Crippen molar-refractivity contribution in [3.8, 4) is 22.8 Å². The maximum absolute atomic E-state index is 12.5. The lowest BCUT2D eigenvalue weighted by atomic mass is 10.1. The molecular weight excluding hydrogens is 514 g/mol. The van der Waals surface area contributed by atoms with Gasteiger partial charge in [-0.15, -0.1) is 10.2 Å². The number of carbonyl (C=O) groups is 1. The first kappa shape index (κ1) is 23.7. The van der Waals surface area contributed by atoms with E-state index in [9.17, 15) is 4.79 Å². The number of ether oxygens (including phenoxy) is 1. The molecule has 0 bridgehead atoms. The van der Waals surface area contributed by atoms with Crippen LogP contribution in [-0.2, 0) is 4.79 Å². The van der Waals surface area contributed by atoms with Crippen LogP contribution in [0, 0.1) is 0 Å². The van der Waals surface area contributed by atoms with Gasteiger partial charge in [0.1, 0.15) is 5.75 Å². The fraction of sp³-hybridized carbons (Fsp3) is 0.120. The molecule has 34 heavy (non-hydrogen) atoms. The highest BCUT2D eigenvalue weighted by Crippen LogP contribution is 2.28. The second-order valence-corrected chi connectivity index (χ2v) is 9.09. The van der Waals surface area contributed by atoms with Crippen molar-refractivity contribution >= 4 is 39.3 Å². The minimum atomic E-state index is -0.231. The Kier molecular flexibility index (Phi) is 7.76. The lowest BCUT2D eigenvalue weighted by molar-refractivity contribution is -0.118. The summed E-state index contributed by atoms with van der Waals surface area (Å²) in [6.07, 6.45) is 0. The predicted octanol–water partition coefficient (Wildman–Crippen LogP) is 5.34. The van der Waals surface area contributed by atoms with E-state index in [0.717, 1.165) is 27.0 Å². The molecule has 0 saturated heterocycles. The summed E-state index contributed by atoms with van der Waals surface area (Å²) in [6, 6.07) is 25.2. The van der Waals surface area contributed by atoms with Crippen molar-refractivity contribution in [1.82, 2.24) is 20.2 Å². The zero-order valence-corrected chi connectivity index (χ0v) is 21.0. The summed E-state index contributed by atoms with van der Waals surface area (Å²) in [4.78, 5) is 12.5. The molecule has 0 unspecified atom stereocenters. The van der Waals surface area contributed by atoms with Gasteiger partial charge in [-0.2, -0.15) is 5.10 Å².